The van der Waals surface area contributed by atoms with Crippen LogP contribution in [-0.2, 0) is 0 Å². The Morgan fingerprint density at radius 2 is 1.90 bits per heavy atom. The van der Waals surface area contributed by atoms with Crippen LogP contribution in [0.25, 0.3) is 0 Å². The Morgan fingerprint density at radius 3 is 2.48 bits per heavy atom. The average molecular weight is 286 g/mol. The van der Waals surface area contributed by atoms with Crippen molar-refractivity contribution < 1.29 is 14.5 Å². The van der Waals surface area contributed by atoms with Crippen LogP contribution in [0.3, 0.4) is 0 Å². The summed E-state index contributed by atoms with van der Waals surface area (Å²) in [5.74, 6) is 0.0484. The summed E-state index contributed by atoms with van der Waals surface area (Å²) in [6, 6.07) is 12.7. The number of non-ortho nitro benzene ring substituents is 1. The highest BCUT2D eigenvalue weighted by atomic mass is 16.6. The summed E-state index contributed by atoms with van der Waals surface area (Å²) in [7, 11) is 0. The summed E-state index contributed by atoms with van der Waals surface area (Å²) >= 11 is 0. The molecule has 0 unspecified atom stereocenters. The Hall–Kier alpha value is -2.89. The van der Waals surface area contributed by atoms with Crippen molar-refractivity contribution in [2.75, 3.05) is 0 Å². The van der Waals surface area contributed by atoms with E-state index in [0.29, 0.717) is 16.9 Å². The maximum absolute atomic E-state index is 11.0. The molecule has 0 saturated carbocycles. The molecule has 2 rings (SSSR count). The van der Waals surface area contributed by atoms with Crippen molar-refractivity contribution in [3.05, 3.63) is 69.8 Å². The molecule has 0 fully saturated rings. The van der Waals surface area contributed by atoms with Gasteiger partial charge in [0, 0.05) is 17.7 Å². The lowest BCUT2D eigenvalue weighted by molar-refractivity contribution is -0.385. The van der Waals surface area contributed by atoms with Gasteiger partial charge < -0.3 is 10.5 Å². The fourth-order valence-corrected chi connectivity index (χ4v) is 1.86. The summed E-state index contributed by atoms with van der Waals surface area (Å²) in [5, 5.41) is 10.8. The van der Waals surface area contributed by atoms with E-state index in [9.17, 15) is 14.9 Å². The Labute approximate surface area is 121 Å². The van der Waals surface area contributed by atoms with Crippen molar-refractivity contribution >= 4 is 11.6 Å². The highest BCUT2D eigenvalue weighted by Crippen LogP contribution is 2.24. The number of hydrogen-bond acceptors (Lipinski definition) is 4. The fraction of sp³-hybridized carbons (Fsp3) is 0.133. The molecule has 0 aliphatic rings. The number of nitro benzene ring substituents is 1. The number of rotatable bonds is 5. The van der Waals surface area contributed by atoms with Gasteiger partial charge >= 0.3 is 0 Å². The lowest BCUT2D eigenvalue weighted by atomic mass is 10.1. The minimum atomic E-state index is -0.506. The maximum atomic E-state index is 11.0. The lowest BCUT2D eigenvalue weighted by Crippen LogP contribution is -2.10. The summed E-state index contributed by atoms with van der Waals surface area (Å²) in [6.45, 7) is 1.79. The summed E-state index contributed by atoms with van der Waals surface area (Å²) in [6.07, 6.45) is -0.357. The molecular formula is C15H14N2O4. The molecule has 0 aromatic heterocycles. The first-order valence-corrected chi connectivity index (χ1v) is 6.28. The molecule has 2 N–H and O–H groups in total. The van der Waals surface area contributed by atoms with E-state index in [4.69, 9.17) is 10.5 Å². The zero-order valence-corrected chi connectivity index (χ0v) is 11.4. The van der Waals surface area contributed by atoms with Gasteiger partial charge in [0.05, 0.1) is 4.92 Å². The molecule has 1 atom stereocenters. The van der Waals surface area contributed by atoms with Gasteiger partial charge in [0.15, 0.2) is 0 Å². The van der Waals surface area contributed by atoms with Crippen molar-refractivity contribution in [2.45, 2.75) is 13.0 Å². The highest BCUT2D eigenvalue weighted by molar-refractivity contribution is 5.92. The topological polar surface area (TPSA) is 95.5 Å². The molecule has 0 aliphatic carbocycles. The fourth-order valence-electron chi connectivity index (χ4n) is 1.86. The van der Waals surface area contributed by atoms with E-state index in [-0.39, 0.29) is 11.8 Å². The van der Waals surface area contributed by atoms with Gasteiger partial charge in [-0.3, -0.25) is 14.9 Å². The quantitative estimate of drug-likeness (QED) is 0.675. The van der Waals surface area contributed by atoms with Crippen molar-refractivity contribution in [3.8, 4) is 5.75 Å². The third-order valence-electron chi connectivity index (χ3n) is 3.00. The maximum Gasteiger partial charge on any atom is 0.269 e. The van der Waals surface area contributed by atoms with Crippen LogP contribution in [0.5, 0.6) is 5.75 Å². The van der Waals surface area contributed by atoms with E-state index < -0.39 is 10.8 Å². The molecule has 0 heterocycles. The van der Waals surface area contributed by atoms with E-state index in [0.717, 1.165) is 0 Å². The Bertz CT molecular complexity index is 668. The van der Waals surface area contributed by atoms with Gasteiger partial charge in [-0.1, -0.05) is 12.1 Å². The average Bonchev–Trinajstić information content (AvgIpc) is 2.48. The molecular weight excluding hydrogens is 272 g/mol. The van der Waals surface area contributed by atoms with Gasteiger partial charge in [-0.25, -0.2) is 0 Å². The first-order valence-electron chi connectivity index (χ1n) is 6.28. The number of ether oxygens (including phenoxy) is 1. The van der Waals surface area contributed by atoms with Crippen LogP contribution in [0, 0.1) is 10.1 Å². The Kier molecular flexibility index (Phi) is 4.18. The number of nitro groups is 1. The third-order valence-corrected chi connectivity index (χ3v) is 3.00. The minimum absolute atomic E-state index is 0.0204. The Balaban J connectivity index is 2.13. The number of hydrogen-bond donors (Lipinski definition) is 1. The summed E-state index contributed by atoms with van der Waals surface area (Å²) in [4.78, 5) is 21.3. The summed E-state index contributed by atoms with van der Waals surface area (Å²) < 4.78 is 5.70. The second-order valence-electron chi connectivity index (χ2n) is 4.50. The first kappa shape index (κ1) is 14.5. The van der Waals surface area contributed by atoms with Gasteiger partial charge in [0.2, 0.25) is 5.91 Å². The predicted molar refractivity (Wildman–Crippen MR) is 77.1 cm³/mol. The molecule has 6 nitrogen and oxygen atoms in total. The monoisotopic (exact) mass is 286 g/mol. The SMILES string of the molecule is C[C@H](Oc1ccc(C(N)=O)cc1)c1cccc([N+](=O)[O-])c1. The zero-order chi connectivity index (χ0) is 15.4. The van der Waals surface area contributed by atoms with Crippen molar-refractivity contribution in [1.29, 1.82) is 0 Å². The standard InChI is InChI=1S/C15H14N2O4/c1-10(12-3-2-4-13(9-12)17(19)20)21-14-7-5-11(6-8-14)15(16)18/h2-10H,1H3,(H2,16,18)/t10-/m0/s1. The predicted octanol–water partition coefficient (Wildman–Crippen LogP) is 2.83. The molecule has 2 aromatic rings. The number of benzene rings is 2. The molecule has 21 heavy (non-hydrogen) atoms. The van der Waals surface area contributed by atoms with E-state index >= 15 is 0 Å². The molecule has 0 spiro atoms. The molecule has 1 amide bonds. The molecule has 0 saturated heterocycles. The number of carbonyl (C=O) groups is 1. The minimum Gasteiger partial charge on any atom is -0.486 e. The van der Waals surface area contributed by atoms with Crippen molar-refractivity contribution in [2.24, 2.45) is 5.73 Å². The smallest absolute Gasteiger partial charge is 0.269 e. The molecule has 108 valence electrons. The highest BCUT2D eigenvalue weighted by Gasteiger charge is 2.12. The van der Waals surface area contributed by atoms with E-state index in [1.165, 1.54) is 12.1 Å². The van der Waals surface area contributed by atoms with Crippen LogP contribution in [0.1, 0.15) is 28.9 Å². The van der Waals surface area contributed by atoms with Gasteiger partial charge in [0.25, 0.3) is 5.69 Å². The number of amides is 1. The van der Waals surface area contributed by atoms with Gasteiger partial charge in [-0.2, -0.15) is 0 Å². The number of nitrogens with zero attached hydrogens (tertiary/aromatic N) is 1. The first-order chi connectivity index (χ1) is 9.97. The third kappa shape index (κ3) is 3.56. The molecule has 0 aliphatic heterocycles. The van der Waals surface area contributed by atoms with Crippen LogP contribution >= 0.6 is 0 Å². The number of nitrogens with two attached hydrogens (primary N) is 1. The Morgan fingerprint density at radius 1 is 1.24 bits per heavy atom. The molecule has 2 aromatic carbocycles. The van der Waals surface area contributed by atoms with E-state index in [1.807, 2.05) is 0 Å². The van der Waals surface area contributed by atoms with E-state index in [2.05, 4.69) is 0 Å². The van der Waals surface area contributed by atoms with Gasteiger partial charge in [-0.15, -0.1) is 0 Å². The van der Waals surface area contributed by atoms with E-state index in [1.54, 1.807) is 43.3 Å². The largest absolute Gasteiger partial charge is 0.486 e. The molecule has 0 radical (unpaired) electrons. The van der Waals surface area contributed by atoms with Crippen LogP contribution < -0.4 is 10.5 Å². The van der Waals surface area contributed by atoms with Crippen molar-refractivity contribution in [1.82, 2.24) is 0 Å². The van der Waals surface area contributed by atoms with Crippen LogP contribution in [0.15, 0.2) is 48.5 Å². The number of carbonyl (C=O) groups excluding carboxylic acids is 1. The zero-order valence-electron chi connectivity index (χ0n) is 11.4. The van der Waals surface area contributed by atoms with Gasteiger partial charge in [0.1, 0.15) is 11.9 Å². The van der Waals surface area contributed by atoms with Crippen LogP contribution in [0.4, 0.5) is 5.69 Å². The van der Waals surface area contributed by atoms with Crippen LogP contribution in [-0.4, -0.2) is 10.8 Å². The second-order valence-corrected chi connectivity index (χ2v) is 4.50. The number of primary amides is 1. The van der Waals surface area contributed by atoms with Crippen molar-refractivity contribution in [3.63, 3.8) is 0 Å². The molecule has 6 heteroatoms. The molecule has 0 bridgehead atoms. The summed E-state index contributed by atoms with van der Waals surface area (Å²) in [5.41, 5.74) is 6.27. The second kappa shape index (κ2) is 6.04. The lowest BCUT2D eigenvalue weighted by Gasteiger charge is -2.15. The van der Waals surface area contributed by atoms with Gasteiger partial charge in [-0.05, 0) is 36.8 Å². The normalized spacial score (nSPS) is 11.7. The van der Waals surface area contributed by atoms with Crippen LogP contribution in [0.2, 0.25) is 0 Å².